The highest BCUT2D eigenvalue weighted by molar-refractivity contribution is 5.89. The summed E-state index contributed by atoms with van der Waals surface area (Å²) in [7, 11) is 3.00. The number of carboxylic acid groups (broad SMARTS) is 1. The lowest BCUT2D eigenvalue weighted by atomic mass is 10.1. The average Bonchev–Trinajstić information content (AvgIpc) is 2.78. The number of carboxylic acids is 1. The lowest BCUT2D eigenvalue weighted by molar-refractivity contribution is -0.139. The minimum atomic E-state index is -1.20. The van der Waals surface area contributed by atoms with E-state index in [1.807, 2.05) is 6.92 Å². The van der Waals surface area contributed by atoms with Gasteiger partial charge in [0.2, 0.25) is 5.75 Å². The van der Waals surface area contributed by atoms with Crippen LogP contribution in [0.5, 0.6) is 28.7 Å². The van der Waals surface area contributed by atoms with Gasteiger partial charge in [-0.1, -0.05) is 13.3 Å². The number of phenols is 1. The highest BCUT2D eigenvalue weighted by Gasteiger charge is 2.21. The standard InChI is InChI=1S/C23H24O9/c1-4-5-8-30-23-19(31-12-20(25)26)11-18-21(22(23)27)14(24)10-16(32-18)13-6-7-15(28-2)17(9-13)29-3/h6-7,9-11,27H,4-5,8,12H2,1-3H3,(H,25,26). The number of aromatic hydroxyl groups is 1. The predicted octanol–water partition coefficient (Wildman–Crippen LogP) is 3.83. The second-order valence-corrected chi connectivity index (χ2v) is 6.85. The summed E-state index contributed by atoms with van der Waals surface area (Å²) >= 11 is 0. The lowest BCUT2D eigenvalue weighted by Crippen LogP contribution is -2.11. The lowest BCUT2D eigenvalue weighted by Gasteiger charge is -2.15. The first-order valence-corrected chi connectivity index (χ1v) is 9.93. The zero-order valence-electron chi connectivity index (χ0n) is 18.0. The summed E-state index contributed by atoms with van der Waals surface area (Å²) in [5, 5.41) is 19.6. The third-order valence-electron chi connectivity index (χ3n) is 4.68. The number of unbranched alkanes of at least 4 members (excludes halogenated alkanes) is 1. The number of rotatable bonds is 10. The normalized spacial score (nSPS) is 10.7. The number of benzene rings is 2. The van der Waals surface area contributed by atoms with Gasteiger partial charge in [-0.05, 0) is 24.6 Å². The van der Waals surface area contributed by atoms with E-state index in [1.54, 1.807) is 18.2 Å². The molecule has 32 heavy (non-hydrogen) atoms. The summed E-state index contributed by atoms with van der Waals surface area (Å²) in [6.45, 7) is 1.57. The Balaban J connectivity index is 2.15. The fourth-order valence-corrected chi connectivity index (χ4v) is 3.10. The Hall–Kier alpha value is -3.88. The van der Waals surface area contributed by atoms with Crippen LogP contribution in [0, 0.1) is 0 Å². The first-order chi connectivity index (χ1) is 15.4. The number of ether oxygens (including phenoxy) is 4. The molecule has 2 N–H and O–H groups in total. The molecule has 3 rings (SSSR count). The van der Waals surface area contributed by atoms with Gasteiger partial charge in [-0.3, -0.25) is 4.79 Å². The van der Waals surface area contributed by atoms with Crippen molar-refractivity contribution < 1.29 is 38.4 Å². The molecule has 0 saturated carbocycles. The molecule has 0 amide bonds. The molecule has 9 nitrogen and oxygen atoms in total. The maximum Gasteiger partial charge on any atom is 0.341 e. The Morgan fingerprint density at radius 2 is 1.78 bits per heavy atom. The predicted molar refractivity (Wildman–Crippen MR) is 116 cm³/mol. The van der Waals surface area contributed by atoms with Crippen LogP contribution in [0.4, 0.5) is 0 Å². The van der Waals surface area contributed by atoms with E-state index in [-0.39, 0.29) is 34.8 Å². The molecule has 0 radical (unpaired) electrons. The van der Waals surface area contributed by atoms with E-state index in [4.69, 9.17) is 28.5 Å². The van der Waals surface area contributed by atoms with Crippen molar-refractivity contribution in [3.8, 4) is 40.1 Å². The van der Waals surface area contributed by atoms with Crippen LogP contribution in [0.3, 0.4) is 0 Å². The Bertz CT molecular complexity index is 1180. The van der Waals surface area contributed by atoms with Gasteiger partial charge < -0.3 is 33.6 Å². The molecular weight excluding hydrogens is 420 g/mol. The highest BCUT2D eigenvalue weighted by Crippen LogP contribution is 2.43. The topological polar surface area (TPSA) is 125 Å². The number of carbonyl (C=O) groups is 1. The van der Waals surface area contributed by atoms with Crippen molar-refractivity contribution in [1.82, 2.24) is 0 Å². The van der Waals surface area contributed by atoms with Gasteiger partial charge in [-0.15, -0.1) is 0 Å². The highest BCUT2D eigenvalue weighted by atomic mass is 16.5. The van der Waals surface area contributed by atoms with Crippen LogP contribution < -0.4 is 24.4 Å². The van der Waals surface area contributed by atoms with Crippen molar-refractivity contribution in [1.29, 1.82) is 0 Å². The zero-order chi connectivity index (χ0) is 23.3. The Morgan fingerprint density at radius 1 is 1.03 bits per heavy atom. The monoisotopic (exact) mass is 444 g/mol. The van der Waals surface area contributed by atoms with Crippen molar-refractivity contribution >= 4 is 16.9 Å². The van der Waals surface area contributed by atoms with E-state index in [9.17, 15) is 14.7 Å². The molecular formula is C23H24O9. The minimum absolute atomic E-state index is 0.0167. The van der Waals surface area contributed by atoms with Gasteiger partial charge in [0, 0.05) is 17.7 Å². The number of hydrogen-bond donors (Lipinski definition) is 2. The Labute approximate surface area is 183 Å². The molecule has 0 fully saturated rings. The van der Waals surface area contributed by atoms with Crippen molar-refractivity contribution in [2.45, 2.75) is 19.8 Å². The number of methoxy groups -OCH3 is 2. The fourth-order valence-electron chi connectivity index (χ4n) is 3.10. The Morgan fingerprint density at radius 3 is 2.44 bits per heavy atom. The van der Waals surface area contributed by atoms with Crippen molar-refractivity contribution in [2.24, 2.45) is 0 Å². The third kappa shape index (κ3) is 4.72. The smallest absolute Gasteiger partial charge is 0.341 e. The van der Waals surface area contributed by atoms with Crippen LogP contribution in [0.25, 0.3) is 22.3 Å². The quantitative estimate of drug-likeness (QED) is 0.449. The second kappa shape index (κ2) is 9.95. The fraction of sp³-hybridized carbons (Fsp3) is 0.304. The molecule has 0 aliphatic rings. The largest absolute Gasteiger partial charge is 0.504 e. The number of fused-ring (bicyclic) bond motifs is 1. The summed E-state index contributed by atoms with van der Waals surface area (Å²) in [6, 6.07) is 7.59. The van der Waals surface area contributed by atoms with Crippen LogP contribution in [0.2, 0.25) is 0 Å². The van der Waals surface area contributed by atoms with Crippen LogP contribution in [-0.2, 0) is 4.79 Å². The Kier molecular flexibility index (Phi) is 7.09. The van der Waals surface area contributed by atoms with Gasteiger partial charge in [0.25, 0.3) is 0 Å². The first-order valence-electron chi connectivity index (χ1n) is 9.93. The number of phenolic OH excluding ortho intramolecular Hbond substituents is 1. The van der Waals surface area contributed by atoms with Crippen LogP contribution >= 0.6 is 0 Å². The van der Waals surface area contributed by atoms with E-state index in [0.717, 1.165) is 6.42 Å². The summed E-state index contributed by atoms with van der Waals surface area (Å²) in [5.41, 5.74) is 0.0547. The van der Waals surface area contributed by atoms with E-state index in [0.29, 0.717) is 23.5 Å². The average molecular weight is 444 g/mol. The third-order valence-corrected chi connectivity index (χ3v) is 4.68. The van der Waals surface area contributed by atoms with Crippen LogP contribution in [0.15, 0.2) is 39.5 Å². The summed E-state index contributed by atoms with van der Waals surface area (Å²) in [6.07, 6.45) is 1.54. The number of hydrogen-bond acceptors (Lipinski definition) is 8. The molecule has 0 aliphatic heterocycles. The number of aliphatic carboxylic acids is 1. The van der Waals surface area contributed by atoms with E-state index >= 15 is 0 Å². The van der Waals surface area contributed by atoms with Crippen LogP contribution in [0.1, 0.15) is 19.8 Å². The zero-order valence-corrected chi connectivity index (χ0v) is 18.0. The van der Waals surface area contributed by atoms with E-state index < -0.39 is 23.8 Å². The molecule has 0 spiro atoms. The van der Waals surface area contributed by atoms with Crippen molar-refractivity contribution in [2.75, 3.05) is 27.4 Å². The van der Waals surface area contributed by atoms with Gasteiger partial charge in [0.05, 0.1) is 20.8 Å². The molecule has 0 bridgehead atoms. The van der Waals surface area contributed by atoms with Gasteiger partial charge >= 0.3 is 5.97 Å². The van der Waals surface area contributed by atoms with E-state index in [2.05, 4.69) is 0 Å². The van der Waals surface area contributed by atoms with Crippen LogP contribution in [-0.4, -0.2) is 43.6 Å². The molecule has 1 heterocycles. The molecule has 9 heteroatoms. The molecule has 3 aromatic rings. The molecule has 2 aromatic carbocycles. The van der Waals surface area contributed by atoms with Gasteiger partial charge in [-0.2, -0.15) is 0 Å². The summed E-state index contributed by atoms with van der Waals surface area (Å²) in [4.78, 5) is 23.8. The molecule has 1 aromatic heterocycles. The van der Waals surface area contributed by atoms with Crippen molar-refractivity contribution in [3.05, 3.63) is 40.6 Å². The molecule has 170 valence electrons. The van der Waals surface area contributed by atoms with Gasteiger partial charge in [0.1, 0.15) is 16.7 Å². The molecule has 0 atom stereocenters. The van der Waals surface area contributed by atoms with Gasteiger partial charge in [-0.25, -0.2) is 4.79 Å². The molecule has 0 unspecified atom stereocenters. The molecule has 0 saturated heterocycles. The SMILES string of the molecule is CCCCOc1c(OCC(=O)O)cc2oc(-c3ccc(OC)c(OC)c3)cc(=O)c2c1O. The summed E-state index contributed by atoms with van der Waals surface area (Å²) < 4.78 is 27.3. The van der Waals surface area contributed by atoms with E-state index in [1.165, 1.54) is 26.4 Å². The maximum atomic E-state index is 12.9. The molecule has 0 aliphatic carbocycles. The summed E-state index contributed by atoms with van der Waals surface area (Å²) in [5.74, 6) is -0.640. The van der Waals surface area contributed by atoms with Crippen molar-refractivity contribution in [3.63, 3.8) is 0 Å². The van der Waals surface area contributed by atoms with Gasteiger partial charge in [0.15, 0.2) is 35.0 Å². The maximum absolute atomic E-state index is 12.9. The second-order valence-electron chi connectivity index (χ2n) is 6.85. The first kappa shape index (κ1) is 22.8. The minimum Gasteiger partial charge on any atom is -0.504 e.